The molecule has 2 aromatic rings. The number of carbonyl (C=O) groups is 2. The van der Waals surface area contributed by atoms with Crippen LogP contribution in [0.15, 0.2) is 42.6 Å². The van der Waals surface area contributed by atoms with Gasteiger partial charge in [-0.25, -0.2) is 9.97 Å². The van der Waals surface area contributed by atoms with Crippen molar-refractivity contribution in [3.63, 3.8) is 0 Å². The van der Waals surface area contributed by atoms with Crippen LogP contribution in [0.5, 0.6) is 0 Å². The van der Waals surface area contributed by atoms with Crippen LogP contribution in [0.4, 0.5) is 5.95 Å². The number of anilines is 1. The van der Waals surface area contributed by atoms with E-state index in [9.17, 15) is 9.59 Å². The fourth-order valence-corrected chi connectivity index (χ4v) is 2.66. The Morgan fingerprint density at radius 3 is 2.56 bits per heavy atom. The minimum atomic E-state index is -0.269. The van der Waals surface area contributed by atoms with Crippen molar-refractivity contribution in [2.24, 2.45) is 0 Å². The molecule has 0 atom stereocenters. The Balaban J connectivity index is 1.46. The first kappa shape index (κ1) is 16.9. The lowest BCUT2D eigenvalue weighted by atomic mass is 10.2. The molecule has 1 saturated heterocycles. The molecule has 0 saturated carbocycles. The number of rotatable bonds is 6. The molecule has 2 N–H and O–H groups in total. The topological polar surface area (TPSA) is 87.2 Å². The molecule has 130 valence electrons. The summed E-state index contributed by atoms with van der Waals surface area (Å²) < 4.78 is 0. The van der Waals surface area contributed by atoms with Gasteiger partial charge in [-0.1, -0.05) is 18.2 Å². The van der Waals surface area contributed by atoms with Crippen LogP contribution in [-0.4, -0.2) is 41.4 Å². The van der Waals surface area contributed by atoms with Crippen molar-refractivity contribution >= 4 is 17.8 Å². The molecule has 7 nitrogen and oxygen atoms in total. The summed E-state index contributed by atoms with van der Waals surface area (Å²) in [6.07, 6.45) is 4.02. The van der Waals surface area contributed by atoms with Gasteiger partial charge >= 0.3 is 0 Å². The lowest BCUT2D eigenvalue weighted by Crippen LogP contribution is -2.36. The third kappa shape index (κ3) is 4.76. The second kappa shape index (κ2) is 8.23. The van der Waals surface area contributed by atoms with Gasteiger partial charge in [0.25, 0.3) is 5.91 Å². The Labute approximate surface area is 146 Å². The summed E-state index contributed by atoms with van der Waals surface area (Å²) in [5.41, 5.74) is 1.28. The van der Waals surface area contributed by atoms with Crippen molar-refractivity contribution in [3.05, 3.63) is 53.9 Å². The van der Waals surface area contributed by atoms with E-state index in [-0.39, 0.29) is 18.4 Å². The van der Waals surface area contributed by atoms with Crippen LogP contribution in [0.2, 0.25) is 0 Å². The van der Waals surface area contributed by atoms with E-state index < -0.39 is 0 Å². The minimum Gasteiger partial charge on any atom is -0.349 e. The molecule has 2 heterocycles. The summed E-state index contributed by atoms with van der Waals surface area (Å²) in [6, 6.07) is 10.6. The summed E-state index contributed by atoms with van der Waals surface area (Å²) in [6.45, 7) is 2.18. The first-order chi connectivity index (χ1) is 12.2. The third-order valence-corrected chi connectivity index (χ3v) is 4.00. The molecule has 2 amide bonds. The van der Waals surface area contributed by atoms with Crippen molar-refractivity contribution in [2.45, 2.75) is 19.4 Å². The van der Waals surface area contributed by atoms with Crippen LogP contribution >= 0.6 is 0 Å². The number of hydrogen-bond donors (Lipinski definition) is 2. The lowest BCUT2D eigenvalue weighted by molar-refractivity contribution is -0.120. The first-order valence-electron chi connectivity index (χ1n) is 8.39. The summed E-state index contributed by atoms with van der Waals surface area (Å²) in [4.78, 5) is 34.7. The van der Waals surface area contributed by atoms with Crippen LogP contribution in [0.3, 0.4) is 0 Å². The number of nitrogens with one attached hydrogen (secondary N) is 2. The minimum absolute atomic E-state index is 0.0716. The highest BCUT2D eigenvalue weighted by Crippen LogP contribution is 2.15. The number of amides is 2. The van der Waals surface area contributed by atoms with Crippen molar-refractivity contribution < 1.29 is 9.59 Å². The van der Waals surface area contributed by atoms with Gasteiger partial charge < -0.3 is 15.5 Å². The van der Waals surface area contributed by atoms with Crippen LogP contribution in [0.25, 0.3) is 0 Å². The zero-order valence-electron chi connectivity index (χ0n) is 13.9. The van der Waals surface area contributed by atoms with Gasteiger partial charge in [-0.05, 0) is 31.0 Å². The SMILES string of the molecule is O=C(CNC(=O)c1ccccc1)NCc1ccnc(N2CCCC2)n1. The fraction of sp³-hybridized carbons (Fsp3) is 0.333. The molecule has 1 aliphatic rings. The highest BCUT2D eigenvalue weighted by molar-refractivity contribution is 5.96. The Kier molecular flexibility index (Phi) is 5.56. The number of hydrogen-bond acceptors (Lipinski definition) is 5. The predicted octanol–water partition coefficient (Wildman–Crippen LogP) is 1.12. The second-order valence-electron chi connectivity index (χ2n) is 5.87. The number of carbonyl (C=O) groups excluding carboxylic acids is 2. The van der Waals surface area contributed by atoms with Gasteiger partial charge in [0, 0.05) is 24.8 Å². The molecule has 25 heavy (non-hydrogen) atoms. The number of nitrogens with zero attached hydrogens (tertiary/aromatic N) is 3. The van der Waals surface area contributed by atoms with E-state index in [1.54, 1.807) is 36.5 Å². The molecular formula is C18H21N5O2. The predicted molar refractivity (Wildman–Crippen MR) is 94.1 cm³/mol. The molecule has 0 unspecified atom stereocenters. The molecule has 0 radical (unpaired) electrons. The van der Waals surface area contributed by atoms with Gasteiger partial charge in [-0.15, -0.1) is 0 Å². The van der Waals surface area contributed by atoms with E-state index in [1.807, 2.05) is 6.07 Å². The molecule has 1 fully saturated rings. The van der Waals surface area contributed by atoms with Gasteiger partial charge in [0.1, 0.15) is 0 Å². The molecule has 0 aliphatic carbocycles. The standard InChI is InChI=1S/C18H21N5O2/c24-16(13-21-17(25)14-6-2-1-3-7-14)20-12-15-8-9-19-18(22-15)23-10-4-5-11-23/h1-3,6-9H,4-5,10-13H2,(H,20,24)(H,21,25). The maximum Gasteiger partial charge on any atom is 0.251 e. The number of aromatic nitrogens is 2. The molecule has 1 aromatic carbocycles. The summed E-state index contributed by atoms with van der Waals surface area (Å²) >= 11 is 0. The fourth-order valence-electron chi connectivity index (χ4n) is 2.66. The Morgan fingerprint density at radius 1 is 1.04 bits per heavy atom. The summed E-state index contributed by atoms with van der Waals surface area (Å²) in [5.74, 6) is 0.182. The van der Waals surface area contributed by atoms with E-state index >= 15 is 0 Å². The second-order valence-corrected chi connectivity index (χ2v) is 5.87. The average molecular weight is 339 g/mol. The van der Waals surface area contributed by atoms with E-state index in [2.05, 4.69) is 25.5 Å². The quantitative estimate of drug-likeness (QED) is 0.824. The van der Waals surface area contributed by atoms with E-state index in [1.165, 1.54) is 0 Å². The van der Waals surface area contributed by atoms with Gasteiger partial charge in [0.2, 0.25) is 11.9 Å². The normalized spacial score (nSPS) is 13.5. The Hall–Kier alpha value is -2.96. The highest BCUT2D eigenvalue weighted by Gasteiger charge is 2.15. The van der Waals surface area contributed by atoms with Gasteiger partial charge in [-0.3, -0.25) is 9.59 Å². The molecule has 0 spiro atoms. The van der Waals surface area contributed by atoms with E-state index in [0.717, 1.165) is 31.6 Å². The molecule has 1 aromatic heterocycles. The van der Waals surface area contributed by atoms with Crippen LogP contribution in [0, 0.1) is 0 Å². The van der Waals surface area contributed by atoms with Crippen LogP contribution in [-0.2, 0) is 11.3 Å². The molecule has 7 heteroatoms. The monoisotopic (exact) mass is 339 g/mol. The average Bonchev–Trinajstić information content (AvgIpc) is 3.20. The first-order valence-corrected chi connectivity index (χ1v) is 8.39. The molecular weight excluding hydrogens is 318 g/mol. The Morgan fingerprint density at radius 2 is 1.80 bits per heavy atom. The van der Waals surface area contributed by atoms with E-state index in [0.29, 0.717) is 18.1 Å². The third-order valence-electron chi connectivity index (χ3n) is 4.00. The van der Waals surface area contributed by atoms with Crippen molar-refractivity contribution in [1.82, 2.24) is 20.6 Å². The molecule has 1 aliphatic heterocycles. The van der Waals surface area contributed by atoms with E-state index in [4.69, 9.17) is 0 Å². The van der Waals surface area contributed by atoms with Crippen molar-refractivity contribution in [3.8, 4) is 0 Å². The van der Waals surface area contributed by atoms with Crippen molar-refractivity contribution in [1.29, 1.82) is 0 Å². The molecule has 3 rings (SSSR count). The van der Waals surface area contributed by atoms with Gasteiger partial charge in [0.15, 0.2) is 0 Å². The smallest absolute Gasteiger partial charge is 0.251 e. The summed E-state index contributed by atoms with van der Waals surface area (Å²) in [7, 11) is 0. The summed E-state index contributed by atoms with van der Waals surface area (Å²) in [5, 5.41) is 5.36. The largest absolute Gasteiger partial charge is 0.349 e. The van der Waals surface area contributed by atoms with Gasteiger partial charge in [-0.2, -0.15) is 0 Å². The zero-order valence-corrected chi connectivity index (χ0v) is 13.9. The Bertz CT molecular complexity index is 729. The lowest BCUT2D eigenvalue weighted by Gasteiger charge is -2.15. The number of benzene rings is 1. The van der Waals surface area contributed by atoms with Crippen molar-refractivity contribution in [2.75, 3.05) is 24.5 Å². The maximum atomic E-state index is 11.9. The zero-order chi connectivity index (χ0) is 17.5. The molecule has 0 bridgehead atoms. The highest BCUT2D eigenvalue weighted by atomic mass is 16.2. The van der Waals surface area contributed by atoms with Crippen LogP contribution in [0.1, 0.15) is 28.9 Å². The van der Waals surface area contributed by atoms with Crippen LogP contribution < -0.4 is 15.5 Å². The van der Waals surface area contributed by atoms with Gasteiger partial charge in [0.05, 0.1) is 18.8 Å². The maximum absolute atomic E-state index is 11.9.